The van der Waals surface area contributed by atoms with Crippen molar-refractivity contribution in [1.82, 2.24) is 0 Å². The molecule has 1 saturated heterocycles. The molecule has 0 amide bonds. The van der Waals surface area contributed by atoms with Gasteiger partial charge in [0, 0.05) is 12.3 Å². The minimum absolute atomic E-state index is 0.220. The number of benzene rings is 1. The molecule has 0 atom stereocenters. The van der Waals surface area contributed by atoms with Gasteiger partial charge in [0.25, 0.3) is 0 Å². The Labute approximate surface area is 83.9 Å². The van der Waals surface area contributed by atoms with Crippen molar-refractivity contribution in [2.45, 2.75) is 19.3 Å². The molecule has 14 heavy (non-hydrogen) atoms. The van der Waals surface area contributed by atoms with E-state index >= 15 is 0 Å². The van der Waals surface area contributed by atoms with Gasteiger partial charge in [0.05, 0.1) is 13.2 Å². The fourth-order valence-electron chi connectivity index (χ4n) is 1.78. The molecular weight excluding hydrogens is 176 g/mol. The molecule has 0 spiro atoms. The third-order valence-corrected chi connectivity index (χ3v) is 2.57. The van der Waals surface area contributed by atoms with Crippen molar-refractivity contribution in [3.05, 3.63) is 35.4 Å². The lowest BCUT2D eigenvalue weighted by atomic mass is 9.91. The topological polar surface area (TPSA) is 26.3 Å². The zero-order valence-corrected chi connectivity index (χ0v) is 8.32. The van der Waals surface area contributed by atoms with E-state index in [2.05, 4.69) is 6.07 Å². The molecular formula is C12H14O2. The van der Waals surface area contributed by atoms with E-state index in [0.717, 1.165) is 18.8 Å². The van der Waals surface area contributed by atoms with Crippen molar-refractivity contribution < 1.29 is 9.53 Å². The molecule has 1 aromatic rings. The lowest BCUT2D eigenvalue weighted by molar-refractivity contribution is -0.116. The second kappa shape index (κ2) is 3.93. The molecule has 1 aromatic carbocycles. The van der Waals surface area contributed by atoms with E-state index in [9.17, 15) is 4.79 Å². The van der Waals surface area contributed by atoms with Gasteiger partial charge in [-0.2, -0.15) is 0 Å². The normalized spacial score (nSPS) is 16.4. The van der Waals surface area contributed by atoms with Crippen LogP contribution in [0.15, 0.2) is 24.3 Å². The zero-order valence-electron chi connectivity index (χ0n) is 8.32. The number of hydrogen-bond acceptors (Lipinski definition) is 2. The molecule has 2 nitrogen and oxygen atoms in total. The average Bonchev–Trinajstić information content (AvgIpc) is 2.04. The van der Waals surface area contributed by atoms with E-state index in [4.69, 9.17) is 4.74 Å². The van der Waals surface area contributed by atoms with Crippen LogP contribution in [-0.2, 0) is 16.0 Å². The van der Waals surface area contributed by atoms with Gasteiger partial charge in [-0.05, 0) is 18.1 Å². The molecule has 0 radical (unpaired) electrons. The van der Waals surface area contributed by atoms with Crippen LogP contribution in [-0.4, -0.2) is 19.0 Å². The third-order valence-electron chi connectivity index (χ3n) is 2.57. The number of ether oxygens (including phenoxy) is 1. The predicted octanol–water partition coefficient (Wildman–Crippen LogP) is 1.93. The van der Waals surface area contributed by atoms with Gasteiger partial charge < -0.3 is 4.74 Å². The van der Waals surface area contributed by atoms with Crippen LogP contribution in [0.25, 0.3) is 0 Å². The van der Waals surface area contributed by atoms with Crippen molar-refractivity contribution in [2.75, 3.05) is 13.2 Å². The quantitative estimate of drug-likeness (QED) is 0.728. The molecule has 2 heteroatoms. The molecule has 2 rings (SSSR count). The van der Waals surface area contributed by atoms with Crippen LogP contribution in [0.4, 0.5) is 0 Å². The minimum atomic E-state index is 0.220. The number of ketones is 1. The maximum Gasteiger partial charge on any atom is 0.134 e. The number of hydrogen-bond donors (Lipinski definition) is 0. The maximum atomic E-state index is 11.1. The number of Topliss-reactive ketones (excluding diaryl/α,β-unsaturated/α-hetero) is 1. The third kappa shape index (κ3) is 1.85. The van der Waals surface area contributed by atoms with Crippen LogP contribution >= 0.6 is 0 Å². The molecule has 1 aliphatic rings. The van der Waals surface area contributed by atoms with E-state index in [1.807, 2.05) is 18.2 Å². The Morgan fingerprint density at radius 1 is 1.43 bits per heavy atom. The molecule has 0 aliphatic carbocycles. The van der Waals surface area contributed by atoms with Gasteiger partial charge in [-0.3, -0.25) is 4.79 Å². The fourth-order valence-corrected chi connectivity index (χ4v) is 1.78. The highest BCUT2D eigenvalue weighted by Crippen LogP contribution is 2.27. The van der Waals surface area contributed by atoms with Gasteiger partial charge in [0.1, 0.15) is 5.78 Å². The summed E-state index contributed by atoms with van der Waals surface area (Å²) in [6.07, 6.45) is 0.548. The SMILES string of the molecule is CC(=O)Cc1ccccc1C1COC1. The van der Waals surface area contributed by atoms with Crippen LogP contribution in [0, 0.1) is 0 Å². The van der Waals surface area contributed by atoms with Gasteiger partial charge in [-0.15, -0.1) is 0 Å². The summed E-state index contributed by atoms with van der Waals surface area (Å²) in [4.78, 5) is 11.1. The number of carbonyl (C=O) groups excluding carboxylic acids is 1. The Hall–Kier alpha value is -1.15. The molecule has 0 bridgehead atoms. The second-order valence-electron chi connectivity index (χ2n) is 3.81. The summed E-state index contributed by atoms with van der Waals surface area (Å²) < 4.78 is 5.16. The second-order valence-corrected chi connectivity index (χ2v) is 3.81. The van der Waals surface area contributed by atoms with Crippen molar-refractivity contribution in [1.29, 1.82) is 0 Å². The molecule has 0 saturated carbocycles. The van der Waals surface area contributed by atoms with Crippen LogP contribution in [0.5, 0.6) is 0 Å². The Morgan fingerprint density at radius 3 is 2.71 bits per heavy atom. The first-order chi connectivity index (χ1) is 6.77. The van der Waals surface area contributed by atoms with E-state index in [-0.39, 0.29) is 5.78 Å². The predicted molar refractivity (Wildman–Crippen MR) is 54.4 cm³/mol. The average molecular weight is 190 g/mol. The summed E-state index contributed by atoms with van der Waals surface area (Å²) >= 11 is 0. The molecule has 1 fully saturated rings. The van der Waals surface area contributed by atoms with Gasteiger partial charge in [0.15, 0.2) is 0 Å². The first-order valence-corrected chi connectivity index (χ1v) is 4.92. The number of rotatable bonds is 3. The van der Waals surface area contributed by atoms with Gasteiger partial charge in [-0.25, -0.2) is 0 Å². The summed E-state index contributed by atoms with van der Waals surface area (Å²) in [5, 5.41) is 0. The molecule has 0 unspecified atom stereocenters. The Balaban J connectivity index is 2.23. The smallest absolute Gasteiger partial charge is 0.134 e. The summed E-state index contributed by atoms with van der Waals surface area (Å²) in [6, 6.07) is 8.15. The lowest BCUT2D eigenvalue weighted by Gasteiger charge is -2.28. The fraction of sp³-hybridized carbons (Fsp3) is 0.417. The molecule has 74 valence electrons. The van der Waals surface area contributed by atoms with Gasteiger partial charge >= 0.3 is 0 Å². The van der Waals surface area contributed by atoms with Crippen LogP contribution in [0.2, 0.25) is 0 Å². The van der Waals surface area contributed by atoms with E-state index in [1.54, 1.807) is 6.92 Å². The minimum Gasteiger partial charge on any atom is -0.380 e. The maximum absolute atomic E-state index is 11.1. The standard InChI is InChI=1S/C12H14O2/c1-9(13)6-10-4-2-3-5-12(10)11-7-14-8-11/h2-5,11H,6-8H2,1H3. The first-order valence-electron chi connectivity index (χ1n) is 4.92. The van der Waals surface area contributed by atoms with Gasteiger partial charge in [-0.1, -0.05) is 24.3 Å². The highest BCUT2D eigenvalue weighted by atomic mass is 16.5. The first kappa shape index (κ1) is 9.41. The monoisotopic (exact) mass is 190 g/mol. The summed E-state index contributed by atoms with van der Waals surface area (Å²) in [5.41, 5.74) is 2.45. The highest BCUT2D eigenvalue weighted by molar-refractivity contribution is 5.78. The van der Waals surface area contributed by atoms with Crippen LogP contribution < -0.4 is 0 Å². The number of carbonyl (C=O) groups is 1. The van der Waals surface area contributed by atoms with Crippen molar-refractivity contribution >= 4 is 5.78 Å². The van der Waals surface area contributed by atoms with Crippen LogP contribution in [0.3, 0.4) is 0 Å². The molecule has 0 N–H and O–H groups in total. The summed E-state index contributed by atoms with van der Waals surface area (Å²) in [5.74, 6) is 0.725. The zero-order chi connectivity index (χ0) is 9.97. The highest BCUT2D eigenvalue weighted by Gasteiger charge is 2.22. The van der Waals surface area contributed by atoms with Crippen molar-refractivity contribution in [3.63, 3.8) is 0 Å². The Kier molecular flexibility index (Phi) is 2.64. The van der Waals surface area contributed by atoms with E-state index in [1.165, 1.54) is 5.56 Å². The lowest BCUT2D eigenvalue weighted by Crippen LogP contribution is -2.26. The van der Waals surface area contributed by atoms with Gasteiger partial charge in [0.2, 0.25) is 0 Å². The van der Waals surface area contributed by atoms with E-state index < -0.39 is 0 Å². The van der Waals surface area contributed by atoms with Crippen LogP contribution in [0.1, 0.15) is 24.0 Å². The Morgan fingerprint density at radius 2 is 2.14 bits per heavy atom. The van der Waals surface area contributed by atoms with Crippen molar-refractivity contribution in [2.24, 2.45) is 0 Å². The molecule has 1 heterocycles. The Bertz CT molecular complexity index is 340. The molecule has 1 aliphatic heterocycles. The molecule has 0 aromatic heterocycles. The largest absolute Gasteiger partial charge is 0.380 e. The summed E-state index contributed by atoms with van der Waals surface area (Å²) in [7, 11) is 0. The van der Waals surface area contributed by atoms with E-state index in [0.29, 0.717) is 12.3 Å². The van der Waals surface area contributed by atoms with Crippen molar-refractivity contribution in [3.8, 4) is 0 Å². The summed E-state index contributed by atoms with van der Waals surface area (Å²) in [6.45, 7) is 3.23.